The van der Waals surface area contributed by atoms with Crippen molar-refractivity contribution in [3.8, 4) is 0 Å². The third-order valence-corrected chi connectivity index (χ3v) is 6.85. The molecule has 0 aromatic carbocycles. The largest absolute Gasteiger partial charge is 0.352 e. The first-order valence-electron chi connectivity index (χ1n) is 6.82. The second-order valence-electron chi connectivity index (χ2n) is 5.02. The number of carbonyl (C=O) groups excluding carboxylic acids is 1. The highest BCUT2D eigenvalue weighted by atomic mass is 32.2. The first kappa shape index (κ1) is 15.5. The number of hydrogen-bond acceptors (Lipinski definition) is 4. The Bertz CT molecular complexity index is 554. The minimum atomic E-state index is -3.54. The van der Waals surface area contributed by atoms with Crippen LogP contribution in [0.15, 0.2) is 21.7 Å². The lowest BCUT2D eigenvalue weighted by molar-refractivity contribution is -0.124. The Hall–Kier alpha value is -0.920. The van der Waals surface area contributed by atoms with E-state index in [4.69, 9.17) is 0 Å². The first-order chi connectivity index (χ1) is 9.46. The number of thiophene rings is 1. The van der Waals surface area contributed by atoms with Crippen LogP contribution in [0.2, 0.25) is 0 Å². The molecule has 0 bridgehead atoms. The molecule has 1 aromatic rings. The van der Waals surface area contributed by atoms with Crippen LogP contribution in [0.5, 0.6) is 0 Å². The molecule has 1 fully saturated rings. The Labute approximate surface area is 124 Å². The second-order valence-corrected chi connectivity index (χ2v) is 8.09. The maximum Gasteiger partial charge on any atom is 0.253 e. The quantitative estimate of drug-likeness (QED) is 0.901. The molecule has 1 amide bonds. The highest BCUT2D eigenvalue weighted by molar-refractivity contribution is 7.91. The zero-order chi connectivity index (χ0) is 14.8. The van der Waals surface area contributed by atoms with Crippen molar-refractivity contribution in [2.75, 3.05) is 6.54 Å². The number of rotatable bonds is 5. The summed E-state index contributed by atoms with van der Waals surface area (Å²) in [6.45, 7) is 4.32. The van der Waals surface area contributed by atoms with E-state index >= 15 is 0 Å². The number of sulfonamides is 1. The summed E-state index contributed by atoms with van der Waals surface area (Å²) in [7, 11) is -3.54. The van der Waals surface area contributed by atoms with Gasteiger partial charge < -0.3 is 5.32 Å². The summed E-state index contributed by atoms with van der Waals surface area (Å²) >= 11 is 1.19. The van der Waals surface area contributed by atoms with Gasteiger partial charge in [0, 0.05) is 12.6 Å². The van der Waals surface area contributed by atoms with Crippen LogP contribution >= 0.6 is 11.3 Å². The molecular formula is C13H20N2O3S2. The molecule has 0 saturated carbocycles. The molecule has 2 unspecified atom stereocenters. The molecule has 5 nitrogen and oxygen atoms in total. The van der Waals surface area contributed by atoms with Gasteiger partial charge in [0.05, 0.1) is 0 Å². The summed E-state index contributed by atoms with van der Waals surface area (Å²) in [4.78, 5) is 12.2. The lowest BCUT2D eigenvalue weighted by Crippen LogP contribution is -2.47. The Morgan fingerprint density at radius 3 is 2.95 bits per heavy atom. The molecule has 0 radical (unpaired) electrons. The van der Waals surface area contributed by atoms with Crippen molar-refractivity contribution in [1.82, 2.24) is 9.62 Å². The smallest absolute Gasteiger partial charge is 0.253 e. The minimum absolute atomic E-state index is 0.0643. The number of nitrogens with one attached hydrogen (secondary N) is 1. The van der Waals surface area contributed by atoms with Crippen LogP contribution in [0.1, 0.15) is 33.1 Å². The van der Waals surface area contributed by atoms with Crippen LogP contribution in [0, 0.1) is 0 Å². The highest BCUT2D eigenvalue weighted by Gasteiger charge is 2.39. The molecule has 1 aromatic heterocycles. The van der Waals surface area contributed by atoms with Crippen molar-refractivity contribution in [2.45, 2.75) is 49.4 Å². The standard InChI is InChI=1S/C13H20N2O3S2/c1-3-10(2)14-13(16)11-6-4-8-15(11)20(17,18)12-7-5-9-19-12/h5,7,9-11H,3-4,6,8H2,1-2H3,(H,14,16). The molecule has 112 valence electrons. The first-order valence-corrected chi connectivity index (χ1v) is 9.14. The van der Waals surface area contributed by atoms with Crippen LogP contribution in [-0.4, -0.2) is 37.3 Å². The van der Waals surface area contributed by atoms with Gasteiger partial charge in [0.25, 0.3) is 10.0 Å². The zero-order valence-electron chi connectivity index (χ0n) is 11.7. The SMILES string of the molecule is CCC(C)NC(=O)C1CCCN1S(=O)(=O)c1cccs1. The van der Waals surface area contributed by atoms with E-state index in [1.165, 1.54) is 15.6 Å². The van der Waals surface area contributed by atoms with Crippen LogP contribution in [0.4, 0.5) is 0 Å². The monoisotopic (exact) mass is 316 g/mol. The molecule has 1 aliphatic rings. The molecule has 1 aliphatic heterocycles. The van der Waals surface area contributed by atoms with Gasteiger partial charge in [-0.2, -0.15) is 4.31 Å². The van der Waals surface area contributed by atoms with Crippen molar-refractivity contribution >= 4 is 27.3 Å². The third kappa shape index (κ3) is 3.05. The lowest BCUT2D eigenvalue weighted by Gasteiger charge is -2.24. The van der Waals surface area contributed by atoms with Crippen molar-refractivity contribution < 1.29 is 13.2 Å². The normalized spacial score (nSPS) is 21.8. The number of hydrogen-bond donors (Lipinski definition) is 1. The van der Waals surface area contributed by atoms with Crippen molar-refractivity contribution in [3.05, 3.63) is 17.5 Å². The Morgan fingerprint density at radius 2 is 2.35 bits per heavy atom. The van der Waals surface area contributed by atoms with Crippen LogP contribution < -0.4 is 5.32 Å². The van der Waals surface area contributed by atoms with E-state index in [-0.39, 0.29) is 11.9 Å². The van der Waals surface area contributed by atoms with Crippen molar-refractivity contribution in [1.29, 1.82) is 0 Å². The Morgan fingerprint density at radius 1 is 1.60 bits per heavy atom. The van der Waals surface area contributed by atoms with Crippen LogP contribution in [0.25, 0.3) is 0 Å². The molecule has 7 heteroatoms. The second kappa shape index (κ2) is 6.24. The van der Waals surface area contributed by atoms with Gasteiger partial charge in [0.15, 0.2) is 0 Å². The average Bonchev–Trinajstić information content (AvgIpc) is 3.09. The third-order valence-electron chi connectivity index (χ3n) is 3.57. The highest BCUT2D eigenvalue weighted by Crippen LogP contribution is 2.28. The number of nitrogens with zero attached hydrogens (tertiary/aromatic N) is 1. The molecule has 2 heterocycles. The van der Waals surface area contributed by atoms with E-state index in [9.17, 15) is 13.2 Å². The van der Waals surface area contributed by atoms with Gasteiger partial charge >= 0.3 is 0 Å². The minimum Gasteiger partial charge on any atom is -0.352 e. The topological polar surface area (TPSA) is 66.5 Å². The summed E-state index contributed by atoms with van der Waals surface area (Å²) in [5, 5.41) is 4.61. The molecular weight excluding hydrogens is 296 g/mol. The van der Waals surface area contributed by atoms with E-state index in [0.717, 1.165) is 12.8 Å². The van der Waals surface area contributed by atoms with Crippen molar-refractivity contribution in [2.24, 2.45) is 0 Å². The maximum absolute atomic E-state index is 12.5. The van der Waals surface area contributed by atoms with Gasteiger partial charge in [-0.25, -0.2) is 8.42 Å². The Kier molecular flexibility index (Phi) is 4.82. The molecule has 0 spiro atoms. The Balaban J connectivity index is 2.17. The van der Waals surface area contributed by atoms with Crippen LogP contribution in [-0.2, 0) is 14.8 Å². The fourth-order valence-electron chi connectivity index (χ4n) is 2.26. The summed E-state index contributed by atoms with van der Waals surface area (Å²) in [6, 6.07) is 2.79. The molecule has 2 atom stereocenters. The molecule has 1 saturated heterocycles. The van der Waals surface area contributed by atoms with Gasteiger partial charge in [-0.1, -0.05) is 13.0 Å². The van der Waals surface area contributed by atoms with E-state index < -0.39 is 16.1 Å². The van der Waals surface area contributed by atoms with Gasteiger partial charge in [0.2, 0.25) is 5.91 Å². The summed E-state index contributed by atoms with van der Waals surface area (Å²) in [6.07, 6.45) is 2.15. The summed E-state index contributed by atoms with van der Waals surface area (Å²) in [5.74, 6) is -0.183. The molecule has 20 heavy (non-hydrogen) atoms. The van der Waals surface area contributed by atoms with E-state index in [1.54, 1.807) is 17.5 Å². The van der Waals surface area contributed by atoms with Gasteiger partial charge in [-0.05, 0) is 37.6 Å². The van der Waals surface area contributed by atoms with E-state index in [1.807, 2.05) is 13.8 Å². The predicted molar refractivity (Wildman–Crippen MR) is 79.1 cm³/mol. The van der Waals surface area contributed by atoms with E-state index in [0.29, 0.717) is 17.2 Å². The van der Waals surface area contributed by atoms with Crippen LogP contribution in [0.3, 0.4) is 0 Å². The number of carbonyl (C=O) groups is 1. The molecule has 2 rings (SSSR count). The van der Waals surface area contributed by atoms with Gasteiger partial charge in [0.1, 0.15) is 10.3 Å². The predicted octanol–water partition coefficient (Wildman–Crippen LogP) is 1.82. The summed E-state index contributed by atoms with van der Waals surface area (Å²) in [5.41, 5.74) is 0. The lowest BCUT2D eigenvalue weighted by atomic mass is 10.2. The maximum atomic E-state index is 12.5. The zero-order valence-corrected chi connectivity index (χ0v) is 13.3. The van der Waals surface area contributed by atoms with E-state index in [2.05, 4.69) is 5.32 Å². The van der Waals surface area contributed by atoms with Crippen molar-refractivity contribution in [3.63, 3.8) is 0 Å². The fourth-order valence-corrected chi connectivity index (χ4v) is 5.03. The molecule has 1 N–H and O–H groups in total. The van der Waals surface area contributed by atoms with Gasteiger partial charge in [-0.3, -0.25) is 4.79 Å². The average molecular weight is 316 g/mol. The summed E-state index contributed by atoms with van der Waals surface area (Å²) < 4.78 is 26.7. The van der Waals surface area contributed by atoms with Gasteiger partial charge in [-0.15, -0.1) is 11.3 Å². The molecule has 0 aliphatic carbocycles. The fraction of sp³-hybridized carbons (Fsp3) is 0.615. The number of amides is 1.